The predicted octanol–water partition coefficient (Wildman–Crippen LogP) is 0.814. The van der Waals surface area contributed by atoms with Gasteiger partial charge in [-0.1, -0.05) is 13.3 Å². The highest BCUT2D eigenvalue weighted by Crippen LogP contribution is 2.26. The SMILES string of the molecule is CCCC1CC(CN)(NCCN(C)C)CCO1. The Hall–Kier alpha value is -0.160. The summed E-state index contributed by atoms with van der Waals surface area (Å²) < 4.78 is 5.80. The summed E-state index contributed by atoms with van der Waals surface area (Å²) in [5.41, 5.74) is 6.09. The van der Waals surface area contributed by atoms with Crippen LogP contribution in [0, 0.1) is 0 Å². The molecular weight excluding hydrogens is 214 g/mol. The third kappa shape index (κ3) is 4.92. The summed E-state index contributed by atoms with van der Waals surface area (Å²) in [6.07, 6.45) is 4.83. The first kappa shape index (κ1) is 14.9. The van der Waals surface area contributed by atoms with Crippen LogP contribution < -0.4 is 11.1 Å². The van der Waals surface area contributed by atoms with Crippen molar-refractivity contribution in [3.05, 3.63) is 0 Å². The second-order valence-corrected chi connectivity index (χ2v) is 5.45. The Bertz CT molecular complexity index is 209. The van der Waals surface area contributed by atoms with Crippen molar-refractivity contribution in [1.82, 2.24) is 10.2 Å². The van der Waals surface area contributed by atoms with E-state index in [0.717, 1.165) is 39.0 Å². The molecule has 102 valence electrons. The molecule has 1 heterocycles. The molecule has 4 nitrogen and oxygen atoms in total. The molecule has 17 heavy (non-hydrogen) atoms. The summed E-state index contributed by atoms with van der Waals surface area (Å²) in [6.45, 7) is 5.83. The van der Waals surface area contributed by atoms with Crippen LogP contribution in [0.15, 0.2) is 0 Å². The largest absolute Gasteiger partial charge is 0.378 e. The van der Waals surface area contributed by atoms with Crippen molar-refractivity contribution < 1.29 is 4.74 Å². The van der Waals surface area contributed by atoms with E-state index >= 15 is 0 Å². The van der Waals surface area contributed by atoms with Gasteiger partial charge in [0, 0.05) is 31.8 Å². The van der Waals surface area contributed by atoms with Crippen LogP contribution in [-0.4, -0.2) is 56.9 Å². The van der Waals surface area contributed by atoms with Gasteiger partial charge in [0.15, 0.2) is 0 Å². The van der Waals surface area contributed by atoms with Crippen LogP contribution in [0.3, 0.4) is 0 Å². The maximum atomic E-state index is 5.98. The van der Waals surface area contributed by atoms with Crippen molar-refractivity contribution in [3.63, 3.8) is 0 Å². The van der Waals surface area contributed by atoms with Crippen molar-refractivity contribution in [2.45, 2.75) is 44.2 Å². The number of ether oxygens (including phenoxy) is 1. The molecule has 2 atom stereocenters. The van der Waals surface area contributed by atoms with E-state index in [9.17, 15) is 0 Å². The van der Waals surface area contributed by atoms with Crippen LogP contribution in [-0.2, 0) is 4.74 Å². The van der Waals surface area contributed by atoms with Crippen LogP contribution in [0.1, 0.15) is 32.6 Å². The van der Waals surface area contributed by atoms with Crippen molar-refractivity contribution in [2.24, 2.45) is 5.73 Å². The minimum atomic E-state index is 0.105. The second-order valence-electron chi connectivity index (χ2n) is 5.45. The number of nitrogens with two attached hydrogens (primary N) is 1. The number of nitrogens with one attached hydrogen (secondary N) is 1. The lowest BCUT2D eigenvalue weighted by Gasteiger charge is -2.41. The molecule has 0 aliphatic carbocycles. The Morgan fingerprint density at radius 2 is 2.24 bits per heavy atom. The van der Waals surface area contributed by atoms with Gasteiger partial charge in [-0.15, -0.1) is 0 Å². The fraction of sp³-hybridized carbons (Fsp3) is 1.00. The standard InChI is InChI=1S/C13H29N3O/c1-4-5-12-10-13(11-14,6-9-17-12)15-7-8-16(2)3/h12,15H,4-11,14H2,1-3H3. The molecular formula is C13H29N3O. The molecule has 0 aromatic carbocycles. The maximum absolute atomic E-state index is 5.98. The van der Waals surface area contributed by atoms with Gasteiger partial charge in [-0.05, 0) is 33.4 Å². The number of hydrogen-bond acceptors (Lipinski definition) is 4. The van der Waals surface area contributed by atoms with Crippen molar-refractivity contribution >= 4 is 0 Å². The van der Waals surface area contributed by atoms with E-state index in [1.165, 1.54) is 6.42 Å². The summed E-state index contributed by atoms with van der Waals surface area (Å²) in [5.74, 6) is 0. The zero-order valence-electron chi connectivity index (χ0n) is 11.7. The molecule has 0 bridgehead atoms. The molecule has 0 spiro atoms. The zero-order valence-corrected chi connectivity index (χ0v) is 11.7. The highest BCUT2D eigenvalue weighted by Gasteiger charge is 2.34. The van der Waals surface area contributed by atoms with Gasteiger partial charge >= 0.3 is 0 Å². The molecule has 0 amide bonds. The Balaban J connectivity index is 2.43. The van der Waals surface area contributed by atoms with E-state index in [4.69, 9.17) is 10.5 Å². The van der Waals surface area contributed by atoms with E-state index in [-0.39, 0.29) is 5.54 Å². The van der Waals surface area contributed by atoms with Gasteiger partial charge in [-0.2, -0.15) is 0 Å². The first-order chi connectivity index (χ1) is 8.12. The Morgan fingerprint density at radius 3 is 2.82 bits per heavy atom. The average Bonchev–Trinajstić information content (AvgIpc) is 2.29. The van der Waals surface area contributed by atoms with E-state index < -0.39 is 0 Å². The molecule has 1 aliphatic heterocycles. The Labute approximate surface area is 106 Å². The molecule has 0 aromatic rings. The quantitative estimate of drug-likeness (QED) is 0.695. The molecule has 0 radical (unpaired) electrons. The predicted molar refractivity (Wildman–Crippen MR) is 72.2 cm³/mol. The highest BCUT2D eigenvalue weighted by atomic mass is 16.5. The van der Waals surface area contributed by atoms with Crippen molar-refractivity contribution in [2.75, 3.05) is 40.3 Å². The lowest BCUT2D eigenvalue weighted by molar-refractivity contribution is -0.0307. The number of hydrogen-bond donors (Lipinski definition) is 2. The van der Waals surface area contributed by atoms with Gasteiger partial charge in [0.25, 0.3) is 0 Å². The van der Waals surface area contributed by atoms with Crippen LogP contribution >= 0.6 is 0 Å². The molecule has 1 rings (SSSR count). The van der Waals surface area contributed by atoms with Crippen molar-refractivity contribution in [1.29, 1.82) is 0 Å². The molecule has 0 saturated carbocycles. The highest BCUT2D eigenvalue weighted by molar-refractivity contribution is 4.94. The fourth-order valence-corrected chi connectivity index (χ4v) is 2.49. The Kier molecular flexibility index (Phi) is 6.41. The van der Waals surface area contributed by atoms with E-state index in [0.29, 0.717) is 12.6 Å². The summed E-state index contributed by atoms with van der Waals surface area (Å²) in [5, 5.41) is 3.66. The normalized spacial score (nSPS) is 29.8. The molecule has 3 N–H and O–H groups in total. The smallest absolute Gasteiger partial charge is 0.0593 e. The molecule has 2 unspecified atom stereocenters. The van der Waals surface area contributed by atoms with E-state index in [1.54, 1.807) is 0 Å². The molecule has 1 aliphatic rings. The molecule has 1 fully saturated rings. The summed E-state index contributed by atoms with van der Waals surface area (Å²) >= 11 is 0. The maximum Gasteiger partial charge on any atom is 0.0593 e. The van der Waals surface area contributed by atoms with Gasteiger partial charge in [-0.3, -0.25) is 0 Å². The average molecular weight is 243 g/mol. The minimum Gasteiger partial charge on any atom is -0.378 e. The first-order valence-electron chi connectivity index (χ1n) is 6.83. The number of nitrogens with zero attached hydrogens (tertiary/aromatic N) is 1. The Morgan fingerprint density at radius 1 is 1.47 bits per heavy atom. The van der Waals surface area contributed by atoms with Crippen LogP contribution in [0.5, 0.6) is 0 Å². The first-order valence-corrected chi connectivity index (χ1v) is 6.83. The lowest BCUT2D eigenvalue weighted by atomic mass is 9.85. The monoisotopic (exact) mass is 243 g/mol. The summed E-state index contributed by atoms with van der Waals surface area (Å²) in [4.78, 5) is 2.19. The van der Waals surface area contributed by atoms with Gasteiger partial charge < -0.3 is 20.7 Å². The second kappa shape index (κ2) is 7.31. The summed E-state index contributed by atoms with van der Waals surface area (Å²) in [7, 11) is 4.20. The van der Waals surface area contributed by atoms with E-state index in [2.05, 4.69) is 31.2 Å². The number of likely N-dealkylation sites (N-methyl/N-ethyl adjacent to an activating group) is 1. The van der Waals surface area contributed by atoms with E-state index in [1.807, 2.05) is 0 Å². The topological polar surface area (TPSA) is 50.5 Å². The zero-order chi connectivity index (χ0) is 12.7. The summed E-state index contributed by atoms with van der Waals surface area (Å²) in [6, 6.07) is 0. The van der Waals surface area contributed by atoms with Gasteiger partial charge in [0.05, 0.1) is 6.10 Å². The van der Waals surface area contributed by atoms with Crippen LogP contribution in [0.2, 0.25) is 0 Å². The third-order valence-corrected chi connectivity index (χ3v) is 3.61. The fourth-order valence-electron chi connectivity index (χ4n) is 2.49. The number of rotatable bonds is 7. The van der Waals surface area contributed by atoms with Crippen molar-refractivity contribution in [3.8, 4) is 0 Å². The van der Waals surface area contributed by atoms with Gasteiger partial charge in [-0.25, -0.2) is 0 Å². The molecule has 4 heteroatoms. The lowest BCUT2D eigenvalue weighted by Crippen LogP contribution is -2.57. The van der Waals surface area contributed by atoms with Crippen LogP contribution in [0.25, 0.3) is 0 Å². The van der Waals surface area contributed by atoms with Gasteiger partial charge in [0.1, 0.15) is 0 Å². The van der Waals surface area contributed by atoms with Gasteiger partial charge in [0.2, 0.25) is 0 Å². The molecule has 1 saturated heterocycles. The molecule has 0 aromatic heterocycles. The van der Waals surface area contributed by atoms with Crippen LogP contribution in [0.4, 0.5) is 0 Å². The third-order valence-electron chi connectivity index (χ3n) is 3.61. The minimum absolute atomic E-state index is 0.105.